The summed E-state index contributed by atoms with van der Waals surface area (Å²) in [4.78, 5) is 14.5. The molecule has 2 N–H and O–H groups in total. The molecule has 2 heterocycles. The van der Waals surface area contributed by atoms with Crippen LogP contribution >= 0.6 is 11.3 Å². The zero-order valence-corrected chi connectivity index (χ0v) is 12.8. The van der Waals surface area contributed by atoms with Gasteiger partial charge in [-0.3, -0.25) is 4.79 Å². The summed E-state index contributed by atoms with van der Waals surface area (Å²) in [5.74, 6) is 0. The Morgan fingerprint density at radius 1 is 1.30 bits per heavy atom. The number of aromatic amines is 1. The van der Waals surface area contributed by atoms with E-state index in [1.165, 1.54) is 18.3 Å². The topological polar surface area (TPSA) is 79.0 Å². The van der Waals surface area contributed by atoms with Crippen LogP contribution in [0, 0.1) is 0 Å². The first-order valence-electron chi connectivity index (χ1n) is 6.04. The van der Waals surface area contributed by atoms with E-state index in [-0.39, 0.29) is 22.4 Å². The number of pyridine rings is 1. The lowest BCUT2D eigenvalue weighted by molar-refractivity contribution is 0.509. The van der Waals surface area contributed by atoms with Crippen molar-refractivity contribution in [1.29, 1.82) is 0 Å². The summed E-state index contributed by atoms with van der Waals surface area (Å²) in [7, 11) is -3.62. The van der Waals surface area contributed by atoms with Crippen molar-refractivity contribution in [1.82, 2.24) is 9.71 Å². The highest BCUT2D eigenvalue weighted by Gasteiger charge is 2.25. The van der Waals surface area contributed by atoms with Crippen molar-refractivity contribution < 1.29 is 8.42 Å². The van der Waals surface area contributed by atoms with Crippen molar-refractivity contribution >= 4 is 21.4 Å². The SMILES string of the molecule is CC(C)(CNS(=O)(=O)c1ccc(=O)[nH]c1)c1cccs1. The Kier molecular flexibility index (Phi) is 4.12. The number of hydrogen-bond donors (Lipinski definition) is 2. The van der Waals surface area contributed by atoms with E-state index in [9.17, 15) is 13.2 Å². The summed E-state index contributed by atoms with van der Waals surface area (Å²) in [6, 6.07) is 6.41. The van der Waals surface area contributed by atoms with E-state index in [1.54, 1.807) is 11.3 Å². The number of H-pyrrole nitrogens is 1. The molecule has 0 radical (unpaired) electrons. The van der Waals surface area contributed by atoms with Crippen LogP contribution in [0.1, 0.15) is 18.7 Å². The summed E-state index contributed by atoms with van der Waals surface area (Å²) < 4.78 is 26.8. The molecular formula is C13H16N2O3S2. The van der Waals surface area contributed by atoms with E-state index in [4.69, 9.17) is 0 Å². The van der Waals surface area contributed by atoms with Crippen LogP contribution < -0.4 is 10.3 Å². The van der Waals surface area contributed by atoms with Crippen molar-refractivity contribution in [2.45, 2.75) is 24.2 Å². The van der Waals surface area contributed by atoms with Gasteiger partial charge in [-0.15, -0.1) is 11.3 Å². The third-order valence-electron chi connectivity index (χ3n) is 2.96. The van der Waals surface area contributed by atoms with Crippen LogP contribution in [0.15, 0.2) is 45.5 Å². The molecule has 2 aromatic rings. The molecule has 5 nitrogen and oxygen atoms in total. The molecule has 2 rings (SSSR count). The molecule has 0 unspecified atom stereocenters. The maximum atomic E-state index is 12.1. The Labute approximate surface area is 121 Å². The molecule has 0 saturated heterocycles. The van der Waals surface area contributed by atoms with Crippen LogP contribution in [0.3, 0.4) is 0 Å². The highest BCUT2D eigenvalue weighted by Crippen LogP contribution is 2.27. The average Bonchev–Trinajstić information content (AvgIpc) is 2.92. The maximum Gasteiger partial charge on any atom is 0.247 e. The van der Waals surface area contributed by atoms with Gasteiger partial charge >= 0.3 is 0 Å². The Morgan fingerprint density at radius 3 is 2.60 bits per heavy atom. The minimum atomic E-state index is -3.62. The summed E-state index contributed by atoms with van der Waals surface area (Å²) in [6.45, 7) is 4.25. The number of sulfonamides is 1. The molecule has 0 aliphatic heterocycles. The Balaban J connectivity index is 2.14. The summed E-state index contributed by atoms with van der Waals surface area (Å²) in [5, 5.41) is 1.97. The molecule has 2 aromatic heterocycles. The van der Waals surface area contributed by atoms with Crippen molar-refractivity contribution in [2.24, 2.45) is 0 Å². The first-order valence-corrected chi connectivity index (χ1v) is 8.40. The fourth-order valence-electron chi connectivity index (χ4n) is 1.67. The van der Waals surface area contributed by atoms with Crippen LogP contribution in [-0.4, -0.2) is 19.9 Å². The smallest absolute Gasteiger partial charge is 0.247 e. The van der Waals surface area contributed by atoms with E-state index >= 15 is 0 Å². The monoisotopic (exact) mass is 312 g/mol. The van der Waals surface area contributed by atoms with E-state index in [0.717, 1.165) is 4.88 Å². The van der Waals surface area contributed by atoms with Gasteiger partial charge in [0.1, 0.15) is 0 Å². The lowest BCUT2D eigenvalue weighted by Crippen LogP contribution is -2.36. The van der Waals surface area contributed by atoms with Crippen LogP contribution in [0.4, 0.5) is 0 Å². The Bertz CT molecular complexity index is 711. The van der Waals surface area contributed by atoms with Gasteiger partial charge < -0.3 is 4.98 Å². The lowest BCUT2D eigenvalue weighted by atomic mass is 9.92. The molecule has 7 heteroatoms. The van der Waals surface area contributed by atoms with Gasteiger partial charge in [-0.25, -0.2) is 13.1 Å². The number of hydrogen-bond acceptors (Lipinski definition) is 4. The highest BCUT2D eigenvalue weighted by molar-refractivity contribution is 7.89. The molecule has 0 aromatic carbocycles. The quantitative estimate of drug-likeness (QED) is 0.882. The first kappa shape index (κ1) is 15.0. The first-order chi connectivity index (χ1) is 9.31. The van der Waals surface area contributed by atoms with Gasteiger partial charge in [-0.1, -0.05) is 19.9 Å². The maximum absolute atomic E-state index is 12.1. The zero-order valence-electron chi connectivity index (χ0n) is 11.2. The molecule has 108 valence electrons. The predicted octanol–water partition coefficient (Wildman–Crippen LogP) is 1.69. The van der Waals surface area contributed by atoms with Gasteiger partial charge in [0, 0.05) is 29.1 Å². The van der Waals surface area contributed by atoms with Crippen molar-refractivity contribution in [3.05, 3.63) is 51.1 Å². The molecule has 0 spiro atoms. The Morgan fingerprint density at radius 2 is 2.05 bits per heavy atom. The van der Waals surface area contributed by atoms with Crippen LogP contribution in [-0.2, 0) is 15.4 Å². The van der Waals surface area contributed by atoms with Crippen LogP contribution in [0.2, 0.25) is 0 Å². The Hall–Kier alpha value is -1.44. The van der Waals surface area contributed by atoms with Crippen molar-refractivity contribution in [3.63, 3.8) is 0 Å². The number of thiophene rings is 1. The average molecular weight is 312 g/mol. The minimum Gasteiger partial charge on any atom is -0.328 e. The fourth-order valence-corrected chi connectivity index (χ4v) is 3.70. The normalized spacial score (nSPS) is 12.5. The molecular weight excluding hydrogens is 296 g/mol. The molecule has 0 saturated carbocycles. The second kappa shape index (κ2) is 5.51. The van der Waals surface area contributed by atoms with E-state index in [0.29, 0.717) is 0 Å². The van der Waals surface area contributed by atoms with E-state index < -0.39 is 10.0 Å². The van der Waals surface area contributed by atoms with Gasteiger partial charge in [0.15, 0.2) is 0 Å². The molecule has 0 aliphatic carbocycles. The van der Waals surface area contributed by atoms with Crippen molar-refractivity contribution in [3.8, 4) is 0 Å². The fraction of sp³-hybridized carbons (Fsp3) is 0.308. The second-order valence-electron chi connectivity index (χ2n) is 5.07. The number of rotatable bonds is 5. The molecule has 0 amide bonds. The molecule has 0 fully saturated rings. The summed E-state index contributed by atoms with van der Waals surface area (Å²) in [5.41, 5.74) is -0.619. The summed E-state index contributed by atoms with van der Waals surface area (Å²) >= 11 is 1.60. The third-order valence-corrected chi connectivity index (χ3v) is 5.59. The van der Waals surface area contributed by atoms with Gasteiger partial charge in [0.2, 0.25) is 15.6 Å². The largest absolute Gasteiger partial charge is 0.328 e. The lowest BCUT2D eigenvalue weighted by Gasteiger charge is -2.23. The number of nitrogens with one attached hydrogen (secondary N) is 2. The molecule has 0 bridgehead atoms. The summed E-state index contributed by atoms with van der Waals surface area (Å²) in [6.07, 6.45) is 1.20. The second-order valence-corrected chi connectivity index (χ2v) is 7.79. The molecule has 0 atom stereocenters. The minimum absolute atomic E-state index is 0.0547. The van der Waals surface area contributed by atoms with Crippen molar-refractivity contribution in [2.75, 3.05) is 6.54 Å². The van der Waals surface area contributed by atoms with Gasteiger partial charge in [0.25, 0.3) is 0 Å². The number of aromatic nitrogens is 1. The van der Waals surface area contributed by atoms with Gasteiger partial charge in [-0.05, 0) is 17.5 Å². The standard InChI is InChI=1S/C13H16N2O3S2/c1-13(2,11-4-3-7-19-11)9-15-20(17,18)10-5-6-12(16)14-8-10/h3-8,15H,9H2,1-2H3,(H,14,16). The molecule has 0 aliphatic rings. The van der Waals surface area contributed by atoms with Gasteiger partial charge in [0.05, 0.1) is 4.90 Å². The van der Waals surface area contributed by atoms with E-state index in [1.807, 2.05) is 31.4 Å². The van der Waals surface area contributed by atoms with Crippen LogP contribution in [0.5, 0.6) is 0 Å². The zero-order chi connectivity index (χ0) is 14.8. The van der Waals surface area contributed by atoms with Crippen LogP contribution in [0.25, 0.3) is 0 Å². The third kappa shape index (κ3) is 3.36. The van der Waals surface area contributed by atoms with Gasteiger partial charge in [-0.2, -0.15) is 0 Å². The van der Waals surface area contributed by atoms with E-state index in [2.05, 4.69) is 9.71 Å². The predicted molar refractivity (Wildman–Crippen MR) is 79.6 cm³/mol. The molecule has 20 heavy (non-hydrogen) atoms. The highest BCUT2D eigenvalue weighted by atomic mass is 32.2.